The first-order valence-corrected chi connectivity index (χ1v) is 13.2. The number of fused-ring (bicyclic) bond motifs is 1. The molecule has 0 radical (unpaired) electrons. The molecule has 40 heavy (non-hydrogen) atoms. The van der Waals surface area contributed by atoms with Crippen LogP contribution in [0.4, 0.5) is 0 Å². The molecule has 6 rings (SSSR count). The van der Waals surface area contributed by atoms with Gasteiger partial charge < -0.3 is 10.1 Å². The molecule has 0 bridgehead atoms. The van der Waals surface area contributed by atoms with Crippen LogP contribution in [0.15, 0.2) is 103 Å². The van der Waals surface area contributed by atoms with E-state index in [0.29, 0.717) is 17.0 Å². The molecule has 0 fully saturated rings. The summed E-state index contributed by atoms with van der Waals surface area (Å²) in [5, 5.41) is 20.4. The monoisotopic (exact) mass is 520 g/mol. The molecular weight excluding hydrogens is 492 g/mol. The van der Waals surface area contributed by atoms with Crippen LogP contribution < -0.4 is 0 Å². The smallest absolute Gasteiger partial charge is 0.142 e. The largest absolute Gasteiger partial charge is 0.507 e. The highest BCUT2D eigenvalue weighted by atomic mass is 16.3. The molecule has 0 unspecified atom stereocenters. The molecule has 0 atom stereocenters. The number of para-hydroxylation sites is 1. The number of imidazole rings is 1. The summed E-state index contributed by atoms with van der Waals surface area (Å²) in [6, 6.07) is 34.1. The predicted octanol–water partition coefficient (Wildman–Crippen LogP) is 8.50. The number of hydrogen-bond donors (Lipinski definition) is 2. The lowest BCUT2D eigenvalue weighted by molar-refractivity contribution is 0.475. The van der Waals surface area contributed by atoms with Gasteiger partial charge in [-0.25, -0.2) is 4.98 Å². The zero-order valence-corrected chi connectivity index (χ0v) is 22.6. The lowest BCUT2D eigenvalue weighted by atomic mass is 9.86. The average Bonchev–Trinajstić information content (AvgIpc) is 3.41. The molecule has 0 aliphatic rings. The van der Waals surface area contributed by atoms with Crippen molar-refractivity contribution in [2.45, 2.75) is 26.2 Å². The van der Waals surface area contributed by atoms with Crippen molar-refractivity contribution in [3.63, 3.8) is 0 Å². The van der Waals surface area contributed by atoms with E-state index in [2.05, 4.69) is 55.0 Å². The van der Waals surface area contributed by atoms with Crippen LogP contribution in [0.25, 0.3) is 55.9 Å². The second-order valence-corrected chi connectivity index (χ2v) is 10.9. The van der Waals surface area contributed by atoms with Gasteiger partial charge in [-0.3, -0.25) is 4.98 Å². The normalized spacial score (nSPS) is 11.4. The van der Waals surface area contributed by atoms with Crippen molar-refractivity contribution in [2.75, 3.05) is 0 Å². The number of benzene rings is 4. The molecule has 6 aromatic rings. The third-order valence-corrected chi connectivity index (χ3v) is 7.21. The molecule has 0 aliphatic heterocycles. The molecule has 194 valence electrons. The summed E-state index contributed by atoms with van der Waals surface area (Å²) in [4.78, 5) is 13.0. The standard InChI is InChI=1S/C35H28N4O/c1-35(2,3)26-15-16-32(40)29(18-26)34-38-30-14-8-13-27(33(30)39-34)23-11-7-12-24(17-23)31-19-28(25(20-36)21-37-31)22-9-5-4-6-10-22/h4-19,21,40H,1-3H3,(H,38,39). The van der Waals surface area contributed by atoms with Gasteiger partial charge in [-0.15, -0.1) is 0 Å². The third kappa shape index (κ3) is 4.61. The molecule has 0 saturated carbocycles. The molecule has 2 heterocycles. The first-order valence-electron chi connectivity index (χ1n) is 13.2. The number of rotatable bonds is 4. The minimum atomic E-state index is -0.0556. The molecule has 0 saturated heterocycles. The van der Waals surface area contributed by atoms with E-state index in [9.17, 15) is 10.4 Å². The molecule has 2 N–H and O–H groups in total. The van der Waals surface area contributed by atoms with Crippen molar-refractivity contribution in [3.05, 3.63) is 114 Å². The molecular formula is C35H28N4O. The highest BCUT2D eigenvalue weighted by Crippen LogP contribution is 2.36. The van der Waals surface area contributed by atoms with Gasteiger partial charge in [0.05, 0.1) is 27.9 Å². The van der Waals surface area contributed by atoms with Crippen LogP contribution in [0.1, 0.15) is 31.9 Å². The fourth-order valence-electron chi connectivity index (χ4n) is 4.99. The van der Waals surface area contributed by atoms with Gasteiger partial charge in [-0.05, 0) is 52.4 Å². The predicted molar refractivity (Wildman–Crippen MR) is 161 cm³/mol. The number of phenolic OH excluding ortho intramolecular Hbond substituents is 1. The first-order chi connectivity index (χ1) is 19.3. The molecule has 0 amide bonds. The van der Waals surface area contributed by atoms with Gasteiger partial charge in [-0.1, -0.05) is 87.5 Å². The number of aromatic nitrogens is 3. The molecule has 2 aromatic heterocycles. The average molecular weight is 521 g/mol. The number of nitrogens with zero attached hydrogens (tertiary/aromatic N) is 3. The minimum absolute atomic E-state index is 0.0556. The molecule has 5 nitrogen and oxygen atoms in total. The van der Waals surface area contributed by atoms with Crippen LogP contribution in [0.3, 0.4) is 0 Å². The number of aromatic amines is 1. The SMILES string of the molecule is CC(C)(C)c1ccc(O)c(-c2nc3c(-c4cccc(-c5cc(-c6ccccc6)c(C#N)cn5)c4)cccc3[nH]2)c1. The minimum Gasteiger partial charge on any atom is -0.507 e. The van der Waals surface area contributed by atoms with Gasteiger partial charge in [0.2, 0.25) is 0 Å². The van der Waals surface area contributed by atoms with E-state index in [1.54, 1.807) is 12.3 Å². The highest BCUT2D eigenvalue weighted by Gasteiger charge is 2.19. The summed E-state index contributed by atoms with van der Waals surface area (Å²) in [5.74, 6) is 0.820. The zero-order chi connectivity index (χ0) is 27.9. The van der Waals surface area contributed by atoms with Crippen LogP contribution in [0.5, 0.6) is 5.75 Å². The first kappa shape index (κ1) is 25.1. The summed E-state index contributed by atoms with van der Waals surface area (Å²) in [7, 11) is 0. The Kier molecular flexibility index (Phi) is 6.17. The Labute approximate surface area is 233 Å². The maximum absolute atomic E-state index is 10.7. The zero-order valence-electron chi connectivity index (χ0n) is 22.6. The Morgan fingerprint density at radius 3 is 2.27 bits per heavy atom. The van der Waals surface area contributed by atoms with Gasteiger partial charge in [-0.2, -0.15) is 5.26 Å². The Bertz CT molecular complexity index is 1910. The summed E-state index contributed by atoms with van der Waals surface area (Å²) < 4.78 is 0. The van der Waals surface area contributed by atoms with Crippen molar-refractivity contribution >= 4 is 11.0 Å². The topological polar surface area (TPSA) is 85.6 Å². The van der Waals surface area contributed by atoms with Gasteiger partial charge in [0, 0.05) is 22.9 Å². The maximum Gasteiger partial charge on any atom is 0.142 e. The Balaban J connectivity index is 1.44. The van der Waals surface area contributed by atoms with Crippen LogP contribution in [-0.4, -0.2) is 20.1 Å². The number of nitriles is 1. The second kappa shape index (κ2) is 9.83. The van der Waals surface area contributed by atoms with Crippen molar-refractivity contribution < 1.29 is 5.11 Å². The van der Waals surface area contributed by atoms with Crippen LogP contribution >= 0.6 is 0 Å². The van der Waals surface area contributed by atoms with E-state index in [0.717, 1.165) is 50.1 Å². The van der Waals surface area contributed by atoms with Crippen molar-refractivity contribution in [1.29, 1.82) is 5.26 Å². The number of aromatic hydroxyl groups is 1. The number of nitrogens with one attached hydrogen (secondary N) is 1. The number of pyridine rings is 1. The van der Waals surface area contributed by atoms with E-state index < -0.39 is 0 Å². The Morgan fingerprint density at radius 1 is 0.750 bits per heavy atom. The van der Waals surface area contributed by atoms with E-state index >= 15 is 0 Å². The fourth-order valence-corrected chi connectivity index (χ4v) is 4.99. The van der Waals surface area contributed by atoms with Crippen molar-refractivity contribution in [1.82, 2.24) is 15.0 Å². The molecule has 0 spiro atoms. The second-order valence-electron chi connectivity index (χ2n) is 10.9. The van der Waals surface area contributed by atoms with Crippen LogP contribution in [-0.2, 0) is 5.41 Å². The quantitative estimate of drug-likeness (QED) is 0.244. The summed E-state index contributed by atoms with van der Waals surface area (Å²) in [6.45, 7) is 6.45. The molecule has 0 aliphatic carbocycles. The number of phenols is 1. The van der Waals surface area contributed by atoms with Gasteiger partial charge in [0.25, 0.3) is 0 Å². The van der Waals surface area contributed by atoms with Gasteiger partial charge in [0.15, 0.2) is 0 Å². The summed E-state index contributed by atoms with van der Waals surface area (Å²) >= 11 is 0. The number of hydrogen-bond acceptors (Lipinski definition) is 4. The molecule has 5 heteroatoms. The van der Waals surface area contributed by atoms with E-state index in [1.165, 1.54) is 0 Å². The summed E-state index contributed by atoms with van der Waals surface area (Å²) in [6.07, 6.45) is 1.64. The maximum atomic E-state index is 10.7. The summed E-state index contributed by atoms with van der Waals surface area (Å²) in [5.41, 5.74) is 9.55. The van der Waals surface area contributed by atoms with E-state index in [-0.39, 0.29) is 11.2 Å². The highest BCUT2D eigenvalue weighted by molar-refractivity contribution is 5.94. The van der Waals surface area contributed by atoms with Crippen LogP contribution in [0, 0.1) is 11.3 Å². The fraction of sp³-hybridized carbons (Fsp3) is 0.114. The third-order valence-electron chi connectivity index (χ3n) is 7.21. The van der Waals surface area contributed by atoms with E-state index in [1.807, 2.05) is 72.8 Å². The van der Waals surface area contributed by atoms with Crippen LogP contribution in [0.2, 0.25) is 0 Å². The molecule has 4 aromatic carbocycles. The van der Waals surface area contributed by atoms with Gasteiger partial charge >= 0.3 is 0 Å². The van der Waals surface area contributed by atoms with Gasteiger partial charge in [0.1, 0.15) is 17.6 Å². The van der Waals surface area contributed by atoms with Crippen molar-refractivity contribution in [3.8, 4) is 56.7 Å². The Hall–Kier alpha value is -5.21. The van der Waals surface area contributed by atoms with Crippen molar-refractivity contribution in [2.24, 2.45) is 0 Å². The number of H-pyrrole nitrogens is 1. The van der Waals surface area contributed by atoms with E-state index in [4.69, 9.17) is 4.98 Å². The lowest BCUT2D eigenvalue weighted by Crippen LogP contribution is -2.10. The lowest BCUT2D eigenvalue weighted by Gasteiger charge is -2.19. The Morgan fingerprint density at radius 2 is 1.50 bits per heavy atom.